The first-order valence-electron chi connectivity index (χ1n) is 8.55. The van der Waals surface area contributed by atoms with Crippen molar-refractivity contribution in [3.63, 3.8) is 0 Å². The van der Waals surface area contributed by atoms with Gasteiger partial charge in [0.1, 0.15) is 6.10 Å². The summed E-state index contributed by atoms with van der Waals surface area (Å²) in [6.45, 7) is 4.40. The highest BCUT2D eigenvalue weighted by Gasteiger charge is 2.23. The highest BCUT2D eigenvalue weighted by Crippen LogP contribution is 2.19. The lowest BCUT2D eigenvalue weighted by molar-refractivity contribution is -0.150. The molecule has 0 amide bonds. The molecule has 0 aliphatic carbocycles. The van der Waals surface area contributed by atoms with Crippen molar-refractivity contribution in [1.29, 1.82) is 0 Å². The number of ether oxygens (including phenoxy) is 3. The molecule has 0 bridgehead atoms. The smallest absolute Gasteiger partial charge is 0.303 e. The van der Waals surface area contributed by atoms with Gasteiger partial charge in [0.05, 0.1) is 13.2 Å². The lowest BCUT2D eigenvalue weighted by Gasteiger charge is -2.24. The van der Waals surface area contributed by atoms with E-state index in [1.165, 1.54) is 20.8 Å². The second-order valence-corrected chi connectivity index (χ2v) is 5.89. The molecule has 142 valence electrons. The summed E-state index contributed by atoms with van der Waals surface area (Å²) in [7, 11) is 0. The number of hydrogen-bond acceptors (Lipinski definition) is 6. The highest BCUT2D eigenvalue weighted by molar-refractivity contribution is 5.67. The van der Waals surface area contributed by atoms with Crippen LogP contribution in [-0.4, -0.2) is 37.2 Å². The van der Waals surface area contributed by atoms with Gasteiger partial charge in [0.15, 0.2) is 0 Å². The molecule has 0 saturated carbocycles. The van der Waals surface area contributed by atoms with Crippen LogP contribution in [0.4, 0.5) is 0 Å². The zero-order valence-electron chi connectivity index (χ0n) is 15.5. The number of carbonyl (C=O) groups excluding carboxylic acids is 3. The summed E-state index contributed by atoms with van der Waals surface area (Å²) >= 11 is 0. The maximum Gasteiger partial charge on any atom is 0.303 e. The molecule has 0 heterocycles. The van der Waals surface area contributed by atoms with E-state index in [2.05, 4.69) is 0 Å². The lowest BCUT2D eigenvalue weighted by Crippen LogP contribution is -2.29. The third-order valence-corrected chi connectivity index (χ3v) is 3.57. The average Bonchev–Trinajstić information content (AvgIpc) is 2.58. The summed E-state index contributed by atoms with van der Waals surface area (Å²) in [6, 6.07) is 9.61. The van der Waals surface area contributed by atoms with Gasteiger partial charge in [0, 0.05) is 26.7 Å². The van der Waals surface area contributed by atoms with Gasteiger partial charge in [-0.15, -0.1) is 0 Å². The highest BCUT2D eigenvalue weighted by atomic mass is 16.6. The Hall–Kier alpha value is -2.63. The number of benzene rings is 1. The third-order valence-electron chi connectivity index (χ3n) is 3.57. The minimum absolute atomic E-state index is 0.118. The topological polar surface area (TPSA) is 78.9 Å². The molecule has 0 N–H and O–H groups in total. The van der Waals surface area contributed by atoms with Crippen molar-refractivity contribution in [2.75, 3.05) is 13.2 Å². The van der Waals surface area contributed by atoms with Gasteiger partial charge in [-0.3, -0.25) is 14.4 Å². The Morgan fingerprint density at radius 2 is 1.62 bits per heavy atom. The van der Waals surface area contributed by atoms with Crippen molar-refractivity contribution in [2.24, 2.45) is 5.92 Å². The Bertz CT molecular complexity index is 608. The summed E-state index contributed by atoms with van der Waals surface area (Å²) in [6.07, 6.45) is 4.24. The summed E-state index contributed by atoms with van der Waals surface area (Å²) in [4.78, 5) is 33.5. The van der Waals surface area contributed by atoms with Crippen molar-refractivity contribution in [2.45, 2.75) is 39.7 Å². The molecule has 0 aromatic heterocycles. The van der Waals surface area contributed by atoms with Crippen LogP contribution in [0, 0.1) is 5.92 Å². The summed E-state index contributed by atoms with van der Waals surface area (Å²) in [5.74, 6) is -1.40. The normalized spacial score (nSPS) is 13.0. The van der Waals surface area contributed by atoms with Crippen LogP contribution >= 0.6 is 0 Å². The van der Waals surface area contributed by atoms with Crippen LogP contribution < -0.4 is 0 Å². The Labute approximate surface area is 154 Å². The van der Waals surface area contributed by atoms with E-state index in [9.17, 15) is 14.4 Å². The molecule has 0 spiro atoms. The largest absolute Gasteiger partial charge is 0.466 e. The van der Waals surface area contributed by atoms with Crippen molar-refractivity contribution < 1.29 is 28.6 Å². The van der Waals surface area contributed by atoms with Gasteiger partial charge in [-0.25, -0.2) is 0 Å². The molecule has 0 saturated heterocycles. The molecule has 6 nitrogen and oxygen atoms in total. The van der Waals surface area contributed by atoms with Crippen LogP contribution in [0.5, 0.6) is 0 Å². The Balaban J connectivity index is 2.83. The van der Waals surface area contributed by atoms with Crippen LogP contribution in [0.2, 0.25) is 0 Å². The molecule has 0 radical (unpaired) electrons. The van der Waals surface area contributed by atoms with Gasteiger partial charge >= 0.3 is 17.9 Å². The van der Waals surface area contributed by atoms with Gasteiger partial charge in [0.2, 0.25) is 0 Å². The SMILES string of the molecule is CC(=O)OCCCC(COC(C)=O)C(/C=C/c1ccccc1)OC(C)=O. The predicted molar refractivity (Wildman–Crippen MR) is 97.0 cm³/mol. The molecule has 2 atom stereocenters. The molecule has 1 rings (SSSR count). The predicted octanol–water partition coefficient (Wildman–Crippen LogP) is 3.15. The lowest BCUT2D eigenvalue weighted by atomic mass is 9.96. The Morgan fingerprint density at radius 1 is 0.962 bits per heavy atom. The number of esters is 3. The molecule has 1 aromatic rings. The van der Waals surface area contributed by atoms with E-state index >= 15 is 0 Å². The fourth-order valence-corrected chi connectivity index (χ4v) is 2.38. The van der Waals surface area contributed by atoms with Gasteiger partial charge in [0.25, 0.3) is 0 Å². The number of rotatable bonds is 10. The summed E-state index contributed by atoms with van der Waals surface area (Å²) in [5, 5.41) is 0. The Kier molecular flexibility index (Phi) is 9.75. The van der Waals surface area contributed by atoms with Crippen molar-refractivity contribution in [1.82, 2.24) is 0 Å². The van der Waals surface area contributed by atoms with Gasteiger partial charge in [-0.2, -0.15) is 0 Å². The van der Waals surface area contributed by atoms with Gasteiger partial charge in [-0.05, 0) is 24.5 Å². The monoisotopic (exact) mass is 362 g/mol. The van der Waals surface area contributed by atoms with E-state index in [-0.39, 0.29) is 25.1 Å². The van der Waals surface area contributed by atoms with E-state index in [4.69, 9.17) is 14.2 Å². The minimum atomic E-state index is -0.551. The summed E-state index contributed by atoms with van der Waals surface area (Å²) < 4.78 is 15.5. The van der Waals surface area contributed by atoms with Crippen LogP contribution in [0.25, 0.3) is 6.08 Å². The molecule has 6 heteroatoms. The second-order valence-electron chi connectivity index (χ2n) is 5.89. The fourth-order valence-electron chi connectivity index (χ4n) is 2.38. The molecule has 1 aromatic carbocycles. The zero-order chi connectivity index (χ0) is 19.4. The van der Waals surface area contributed by atoms with E-state index in [0.717, 1.165) is 5.56 Å². The summed E-state index contributed by atoms with van der Waals surface area (Å²) in [5.41, 5.74) is 0.968. The average molecular weight is 362 g/mol. The molecule has 26 heavy (non-hydrogen) atoms. The van der Waals surface area contributed by atoms with Crippen LogP contribution in [-0.2, 0) is 28.6 Å². The first-order chi connectivity index (χ1) is 12.4. The van der Waals surface area contributed by atoms with E-state index in [1.807, 2.05) is 36.4 Å². The van der Waals surface area contributed by atoms with Crippen molar-refractivity contribution in [3.8, 4) is 0 Å². The number of hydrogen-bond donors (Lipinski definition) is 0. The second kappa shape index (κ2) is 11.8. The van der Waals surface area contributed by atoms with E-state index < -0.39 is 18.0 Å². The minimum Gasteiger partial charge on any atom is -0.466 e. The first kappa shape index (κ1) is 21.4. The third kappa shape index (κ3) is 9.61. The van der Waals surface area contributed by atoms with E-state index in [0.29, 0.717) is 12.8 Å². The van der Waals surface area contributed by atoms with E-state index in [1.54, 1.807) is 6.08 Å². The van der Waals surface area contributed by atoms with Crippen molar-refractivity contribution in [3.05, 3.63) is 42.0 Å². The molecular formula is C20H26O6. The quantitative estimate of drug-likeness (QED) is 0.361. The zero-order valence-corrected chi connectivity index (χ0v) is 15.5. The molecule has 0 aliphatic rings. The standard InChI is InChI=1S/C20H26O6/c1-15(21)24-13-7-10-19(14-25-16(2)22)20(26-17(3)23)12-11-18-8-5-4-6-9-18/h4-6,8-9,11-12,19-20H,7,10,13-14H2,1-3H3/b12-11+. The molecule has 0 aliphatic heterocycles. The number of carbonyl (C=O) groups is 3. The molecule has 0 fully saturated rings. The maximum absolute atomic E-state index is 11.5. The van der Waals surface area contributed by atoms with Crippen LogP contribution in [0.1, 0.15) is 39.2 Å². The van der Waals surface area contributed by atoms with Crippen molar-refractivity contribution >= 4 is 24.0 Å². The Morgan fingerprint density at radius 3 is 2.19 bits per heavy atom. The van der Waals surface area contributed by atoms with Gasteiger partial charge < -0.3 is 14.2 Å². The maximum atomic E-state index is 11.5. The molecule has 2 unspecified atom stereocenters. The van der Waals surface area contributed by atoms with Crippen LogP contribution in [0.3, 0.4) is 0 Å². The van der Waals surface area contributed by atoms with Crippen LogP contribution in [0.15, 0.2) is 36.4 Å². The molecular weight excluding hydrogens is 336 g/mol. The first-order valence-corrected chi connectivity index (χ1v) is 8.55. The van der Waals surface area contributed by atoms with Gasteiger partial charge in [-0.1, -0.05) is 36.4 Å². The fraction of sp³-hybridized carbons (Fsp3) is 0.450.